The Kier molecular flexibility index (Phi) is 6.33. The van der Waals surface area contributed by atoms with Gasteiger partial charge in [0.15, 0.2) is 6.61 Å². The number of aromatic amines is 1. The van der Waals surface area contributed by atoms with Gasteiger partial charge in [0.1, 0.15) is 0 Å². The first-order valence-electron chi connectivity index (χ1n) is 7.92. The molecule has 0 unspecified atom stereocenters. The Morgan fingerprint density at radius 3 is 2.44 bits per heavy atom. The van der Waals surface area contributed by atoms with Crippen LogP contribution in [0.25, 0.3) is 0 Å². The lowest BCUT2D eigenvalue weighted by atomic mass is 10.1. The zero-order valence-electron chi connectivity index (χ0n) is 14.2. The standard InChI is InChI=1S/C18H21N3O4/c1-12(2)21-18(24)20-10-13-5-7-14(8-6-13)17(23)25-11-16(22)15-4-3-9-19-15/h3-9,12,19H,10-11H2,1-2H3,(H2,20,21,24). The maximum absolute atomic E-state index is 12.0. The lowest BCUT2D eigenvalue weighted by molar-refractivity contribution is 0.0473. The maximum Gasteiger partial charge on any atom is 0.338 e. The van der Waals surface area contributed by atoms with Gasteiger partial charge in [0.05, 0.1) is 11.3 Å². The van der Waals surface area contributed by atoms with Crippen molar-refractivity contribution in [2.45, 2.75) is 26.4 Å². The molecule has 0 saturated heterocycles. The highest BCUT2D eigenvalue weighted by Gasteiger charge is 2.12. The summed E-state index contributed by atoms with van der Waals surface area (Å²) in [5, 5.41) is 5.44. The van der Waals surface area contributed by atoms with Crippen molar-refractivity contribution in [2.75, 3.05) is 6.61 Å². The first kappa shape index (κ1) is 18.3. The van der Waals surface area contributed by atoms with E-state index in [9.17, 15) is 14.4 Å². The maximum atomic E-state index is 12.0. The Balaban J connectivity index is 1.81. The second kappa shape index (κ2) is 8.68. The molecule has 1 heterocycles. The first-order valence-corrected chi connectivity index (χ1v) is 7.92. The van der Waals surface area contributed by atoms with E-state index in [1.165, 1.54) is 0 Å². The van der Waals surface area contributed by atoms with Crippen LogP contribution in [-0.4, -0.2) is 35.4 Å². The van der Waals surface area contributed by atoms with Crippen molar-refractivity contribution in [1.29, 1.82) is 0 Å². The zero-order valence-corrected chi connectivity index (χ0v) is 14.2. The largest absolute Gasteiger partial charge is 0.454 e. The third-order valence-electron chi connectivity index (χ3n) is 3.30. The van der Waals surface area contributed by atoms with Gasteiger partial charge in [-0.1, -0.05) is 12.1 Å². The molecule has 0 aliphatic carbocycles. The van der Waals surface area contributed by atoms with Gasteiger partial charge in [-0.25, -0.2) is 9.59 Å². The van der Waals surface area contributed by atoms with E-state index in [0.717, 1.165) is 5.56 Å². The van der Waals surface area contributed by atoms with E-state index in [0.29, 0.717) is 17.8 Å². The number of hydrogen-bond donors (Lipinski definition) is 3. The molecular formula is C18H21N3O4. The molecule has 1 aromatic heterocycles. The Hall–Kier alpha value is -3.09. The second-order valence-corrected chi connectivity index (χ2v) is 5.76. The molecule has 132 valence electrons. The van der Waals surface area contributed by atoms with Crippen LogP contribution in [0, 0.1) is 0 Å². The minimum Gasteiger partial charge on any atom is -0.454 e. The fourth-order valence-corrected chi connectivity index (χ4v) is 2.05. The van der Waals surface area contributed by atoms with Crippen molar-refractivity contribution in [3.05, 3.63) is 59.4 Å². The van der Waals surface area contributed by atoms with Gasteiger partial charge in [-0.3, -0.25) is 4.79 Å². The van der Waals surface area contributed by atoms with Crippen LogP contribution in [0.15, 0.2) is 42.6 Å². The summed E-state index contributed by atoms with van der Waals surface area (Å²) in [4.78, 5) is 38.0. The third kappa shape index (κ3) is 5.80. The van der Waals surface area contributed by atoms with Crippen LogP contribution in [0.5, 0.6) is 0 Å². The number of ether oxygens (including phenoxy) is 1. The van der Waals surface area contributed by atoms with E-state index in [2.05, 4.69) is 15.6 Å². The Morgan fingerprint density at radius 1 is 1.12 bits per heavy atom. The van der Waals surface area contributed by atoms with E-state index in [-0.39, 0.29) is 24.5 Å². The fraction of sp³-hybridized carbons (Fsp3) is 0.278. The highest BCUT2D eigenvalue weighted by Crippen LogP contribution is 2.07. The number of ketones is 1. The average Bonchev–Trinajstić information content (AvgIpc) is 3.12. The number of urea groups is 1. The van der Waals surface area contributed by atoms with Crippen LogP contribution < -0.4 is 10.6 Å². The number of benzene rings is 1. The quantitative estimate of drug-likeness (QED) is 0.530. The SMILES string of the molecule is CC(C)NC(=O)NCc1ccc(C(=O)OCC(=O)c2ccc[nH]2)cc1. The number of H-pyrrole nitrogens is 1. The Labute approximate surface area is 145 Å². The highest BCUT2D eigenvalue weighted by molar-refractivity contribution is 5.98. The van der Waals surface area contributed by atoms with E-state index < -0.39 is 5.97 Å². The van der Waals surface area contributed by atoms with Crippen molar-refractivity contribution in [1.82, 2.24) is 15.6 Å². The molecular weight excluding hydrogens is 322 g/mol. The van der Waals surface area contributed by atoms with Crippen molar-refractivity contribution >= 4 is 17.8 Å². The van der Waals surface area contributed by atoms with Crippen LogP contribution in [0.1, 0.15) is 40.3 Å². The van der Waals surface area contributed by atoms with E-state index in [1.54, 1.807) is 42.6 Å². The van der Waals surface area contributed by atoms with Gasteiger partial charge in [-0.05, 0) is 43.7 Å². The van der Waals surface area contributed by atoms with Crippen LogP contribution >= 0.6 is 0 Å². The van der Waals surface area contributed by atoms with Gasteiger partial charge in [0, 0.05) is 18.8 Å². The van der Waals surface area contributed by atoms with E-state index in [1.807, 2.05) is 13.8 Å². The number of esters is 1. The molecule has 2 aromatic rings. The molecule has 0 aliphatic rings. The highest BCUT2D eigenvalue weighted by atomic mass is 16.5. The summed E-state index contributed by atoms with van der Waals surface area (Å²) in [5.74, 6) is -0.868. The first-order chi connectivity index (χ1) is 12.0. The van der Waals surface area contributed by atoms with E-state index in [4.69, 9.17) is 4.74 Å². The molecule has 0 atom stereocenters. The molecule has 0 radical (unpaired) electrons. The van der Waals surface area contributed by atoms with Crippen molar-refractivity contribution in [3.8, 4) is 0 Å². The molecule has 7 nitrogen and oxygen atoms in total. The monoisotopic (exact) mass is 343 g/mol. The summed E-state index contributed by atoms with van der Waals surface area (Å²) in [7, 11) is 0. The van der Waals surface area contributed by atoms with Crippen LogP contribution in [0.2, 0.25) is 0 Å². The number of Topliss-reactive ketones (excluding diaryl/α,β-unsaturated/α-hetero) is 1. The minimum atomic E-state index is -0.572. The molecule has 2 rings (SSSR count). The summed E-state index contributed by atoms with van der Waals surface area (Å²) in [6.45, 7) is 3.78. The number of carbonyl (C=O) groups excluding carboxylic acids is 3. The Morgan fingerprint density at radius 2 is 1.84 bits per heavy atom. The predicted octanol–water partition coefficient (Wildman–Crippen LogP) is 2.26. The predicted molar refractivity (Wildman–Crippen MR) is 92.4 cm³/mol. The molecule has 0 bridgehead atoms. The van der Waals surface area contributed by atoms with E-state index >= 15 is 0 Å². The lowest BCUT2D eigenvalue weighted by Gasteiger charge is -2.10. The van der Waals surface area contributed by atoms with Gasteiger partial charge < -0.3 is 20.4 Å². The number of hydrogen-bond acceptors (Lipinski definition) is 4. The molecule has 25 heavy (non-hydrogen) atoms. The number of rotatable bonds is 7. The average molecular weight is 343 g/mol. The van der Waals surface area contributed by atoms with Crippen LogP contribution in [-0.2, 0) is 11.3 Å². The van der Waals surface area contributed by atoms with Crippen LogP contribution in [0.4, 0.5) is 4.79 Å². The van der Waals surface area contributed by atoms with Gasteiger partial charge in [0.2, 0.25) is 5.78 Å². The normalized spacial score (nSPS) is 10.4. The van der Waals surface area contributed by atoms with Crippen molar-refractivity contribution in [2.24, 2.45) is 0 Å². The lowest BCUT2D eigenvalue weighted by Crippen LogP contribution is -2.39. The van der Waals surface area contributed by atoms with Gasteiger partial charge >= 0.3 is 12.0 Å². The minimum absolute atomic E-state index is 0.0610. The summed E-state index contributed by atoms with van der Waals surface area (Å²) >= 11 is 0. The number of carbonyl (C=O) groups is 3. The molecule has 0 saturated carbocycles. The number of aromatic nitrogens is 1. The second-order valence-electron chi connectivity index (χ2n) is 5.76. The molecule has 0 spiro atoms. The molecule has 3 N–H and O–H groups in total. The molecule has 2 amide bonds. The van der Waals surface area contributed by atoms with Gasteiger partial charge in [-0.2, -0.15) is 0 Å². The molecule has 7 heteroatoms. The molecule has 0 aliphatic heterocycles. The van der Waals surface area contributed by atoms with Crippen molar-refractivity contribution in [3.63, 3.8) is 0 Å². The third-order valence-corrected chi connectivity index (χ3v) is 3.30. The molecule has 1 aromatic carbocycles. The van der Waals surface area contributed by atoms with Crippen molar-refractivity contribution < 1.29 is 19.1 Å². The fourth-order valence-electron chi connectivity index (χ4n) is 2.05. The number of amides is 2. The molecule has 0 fully saturated rings. The van der Waals surface area contributed by atoms with Gasteiger partial charge in [0.25, 0.3) is 0 Å². The Bertz CT molecular complexity index is 721. The smallest absolute Gasteiger partial charge is 0.338 e. The summed E-state index contributed by atoms with van der Waals surface area (Å²) in [6.07, 6.45) is 1.63. The number of nitrogens with one attached hydrogen (secondary N) is 3. The topological polar surface area (TPSA) is 100 Å². The summed E-state index contributed by atoms with van der Waals surface area (Å²) < 4.78 is 5.01. The zero-order chi connectivity index (χ0) is 18.2. The summed E-state index contributed by atoms with van der Waals surface area (Å²) in [5.41, 5.74) is 1.58. The van der Waals surface area contributed by atoms with Crippen LogP contribution in [0.3, 0.4) is 0 Å². The summed E-state index contributed by atoms with van der Waals surface area (Å²) in [6, 6.07) is 9.76. The van der Waals surface area contributed by atoms with Gasteiger partial charge in [-0.15, -0.1) is 0 Å².